The van der Waals surface area contributed by atoms with Crippen LogP contribution < -0.4 is 0 Å². The number of hydrogen-bond donors (Lipinski definition) is 3. The third-order valence-electron chi connectivity index (χ3n) is 19.2. The summed E-state index contributed by atoms with van der Waals surface area (Å²) in [6, 6.07) is 0. The van der Waals surface area contributed by atoms with Gasteiger partial charge in [0.1, 0.15) is 19.3 Å². The van der Waals surface area contributed by atoms with E-state index in [0.717, 1.165) is 108 Å². The van der Waals surface area contributed by atoms with Crippen molar-refractivity contribution in [2.24, 2.45) is 11.8 Å². The summed E-state index contributed by atoms with van der Waals surface area (Å²) < 4.78 is 68.6. The minimum Gasteiger partial charge on any atom is -0.462 e. The molecule has 7 atom stereocenters. The smallest absolute Gasteiger partial charge is 0.462 e. The average molecular weight is 1440 g/mol. The number of esters is 4. The lowest BCUT2D eigenvalue weighted by Gasteiger charge is -2.21. The lowest BCUT2D eigenvalue weighted by molar-refractivity contribution is -0.161. The number of carbonyl (C=O) groups is 4. The van der Waals surface area contributed by atoms with Crippen LogP contribution >= 0.6 is 15.6 Å². The first-order chi connectivity index (χ1) is 47.4. The summed E-state index contributed by atoms with van der Waals surface area (Å²) in [7, 11) is -9.91. The lowest BCUT2D eigenvalue weighted by Crippen LogP contribution is -2.30. The number of aliphatic hydroxyl groups is 1. The molecule has 582 valence electrons. The molecule has 0 bridgehead atoms. The summed E-state index contributed by atoms with van der Waals surface area (Å²) in [5.74, 6) is -0.464. The van der Waals surface area contributed by atoms with Gasteiger partial charge in [-0.2, -0.15) is 0 Å². The largest absolute Gasteiger partial charge is 0.472 e. The molecule has 0 amide bonds. The van der Waals surface area contributed by atoms with Crippen molar-refractivity contribution in [3.8, 4) is 0 Å². The van der Waals surface area contributed by atoms with Crippen molar-refractivity contribution in [1.82, 2.24) is 0 Å². The lowest BCUT2D eigenvalue weighted by atomic mass is 9.99. The normalized spacial score (nSPS) is 14.5. The maximum atomic E-state index is 13.1. The van der Waals surface area contributed by atoms with Gasteiger partial charge in [-0.1, -0.05) is 363 Å². The molecule has 17 nitrogen and oxygen atoms in total. The van der Waals surface area contributed by atoms with Crippen molar-refractivity contribution in [3.63, 3.8) is 0 Å². The number of phosphoric acid groups is 2. The van der Waals surface area contributed by atoms with Crippen LogP contribution in [0.4, 0.5) is 0 Å². The average Bonchev–Trinajstić information content (AvgIpc) is 1.09. The molecule has 4 unspecified atom stereocenters. The van der Waals surface area contributed by atoms with E-state index in [4.69, 9.17) is 37.0 Å². The summed E-state index contributed by atoms with van der Waals surface area (Å²) in [6.07, 6.45) is 59.6. The Bertz CT molecular complexity index is 1890. The van der Waals surface area contributed by atoms with Gasteiger partial charge in [0.2, 0.25) is 0 Å². The fourth-order valence-corrected chi connectivity index (χ4v) is 13.7. The molecule has 0 saturated heterocycles. The van der Waals surface area contributed by atoms with Crippen molar-refractivity contribution in [2.45, 2.75) is 432 Å². The highest BCUT2D eigenvalue weighted by Crippen LogP contribution is 2.45. The van der Waals surface area contributed by atoms with E-state index in [0.29, 0.717) is 25.7 Å². The van der Waals surface area contributed by atoms with Gasteiger partial charge in [0.05, 0.1) is 26.4 Å². The molecule has 0 aliphatic carbocycles. The van der Waals surface area contributed by atoms with Crippen LogP contribution in [0.2, 0.25) is 0 Å². The zero-order valence-electron chi connectivity index (χ0n) is 64.1. The molecule has 0 aliphatic rings. The molecule has 19 heteroatoms. The molecule has 0 aromatic heterocycles. The van der Waals surface area contributed by atoms with E-state index < -0.39 is 97.5 Å². The number of unbranched alkanes of at least 4 members (excludes halogenated alkanes) is 46. The third-order valence-corrected chi connectivity index (χ3v) is 21.1. The summed E-state index contributed by atoms with van der Waals surface area (Å²) >= 11 is 0. The fraction of sp³-hybridized carbons (Fsp3) is 0.949. The highest BCUT2D eigenvalue weighted by atomic mass is 31.2. The van der Waals surface area contributed by atoms with Gasteiger partial charge in [0.15, 0.2) is 12.2 Å². The standard InChI is InChI=1S/C79H154O17P2/c1-7-11-13-15-17-19-20-21-22-23-24-25-29-32-38-44-50-56-62-77(82)90-68-75(96-78(83)63-57-51-45-39-33-30-27-26-28-31-36-41-47-53-59-71(5)9-3)70-94-98(87,88)92-66-73(80)65-91-97(85,86)93-69-74(67-89-76(81)61-55-49-43-18-16-14-12-8-2)95-79(84)64-58-52-46-40-35-34-37-42-48-54-60-72(6)10-4/h71-75,80H,7-70H2,1-6H3,(H,85,86)(H,87,88)/t71?,72?,73-,74+,75+/m0/s1. The first-order valence-electron chi connectivity index (χ1n) is 41.1. The molecule has 0 aromatic carbocycles. The monoisotopic (exact) mass is 1440 g/mol. The van der Waals surface area contributed by atoms with E-state index in [2.05, 4.69) is 41.5 Å². The summed E-state index contributed by atoms with van der Waals surface area (Å²) in [5.41, 5.74) is 0. The van der Waals surface area contributed by atoms with Crippen molar-refractivity contribution in [1.29, 1.82) is 0 Å². The molecule has 0 aliphatic heterocycles. The van der Waals surface area contributed by atoms with Gasteiger partial charge in [-0.3, -0.25) is 37.3 Å². The Morgan fingerprint density at radius 3 is 0.724 bits per heavy atom. The van der Waals surface area contributed by atoms with Gasteiger partial charge in [0.25, 0.3) is 0 Å². The van der Waals surface area contributed by atoms with Crippen molar-refractivity contribution in [2.75, 3.05) is 39.6 Å². The van der Waals surface area contributed by atoms with Crippen LogP contribution in [-0.4, -0.2) is 96.7 Å². The predicted octanol–water partition coefficient (Wildman–Crippen LogP) is 23.5. The highest BCUT2D eigenvalue weighted by molar-refractivity contribution is 7.47. The second-order valence-corrected chi connectivity index (χ2v) is 31.8. The Morgan fingerprint density at radius 1 is 0.286 bits per heavy atom. The van der Waals surface area contributed by atoms with Gasteiger partial charge >= 0.3 is 39.5 Å². The second kappa shape index (κ2) is 70.7. The molecule has 0 fully saturated rings. The highest BCUT2D eigenvalue weighted by Gasteiger charge is 2.30. The second-order valence-electron chi connectivity index (χ2n) is 28.9. The van der Waals surface area contributed by atoms with Crippen LogP contribution in [0.25, 0.3) is 0 Å². The molecule has 98 heavy (non-hydrogen) atoms. The Kier molecular flexibility index (Phi) is 69.3. The van der Waals surface area contributed by atoms with Crippen molar-refractivity contribution in [3.05, 3.63) is 0 Å². The number of ether oxygens (including phenoxy) is 4. The maximum Gasteiger partial charge on any atom is 0.472 e. The Hall–Kier alpha value is -1.94. The van der Waals surface area contributed by atoms with Crippen LogP contribution in [0.15, 0.2) is 0 Å². The molecule has 3 N–H and O–H groups in total. The summed E-state index contributed by atoms with van der Waals surface area (Å²) in [4.78, 5) is 72.9. The topological polar surface area (TPSA) is 237 Å². The summed E-state index contributed by atoms with van der Waals surface area (Å²) in [5, 5.41) is 10.6. The Balaban J connectivity index is 5.21. The SMILES string of the molecule is CCCCCCCCCCCCCCCCCCCCC(=O)OC[C@H](COP(=O)(O)OC[C@@H](O)COP(=O)(O)OC[C@@H](COC(=O)CCCCCCCCCC)OC(=O)CCCCCCCCCCCCC(C)CC)OC(=O)CCCCCCCCCCCCCCCCC(C)CC. The van der Waals surface area contributed by atoms with Gasteiger partial charge in [-0.15, -0.1) is 0 Å². The molecule has 0 radical (unpaired) electrons. The van der Waals surface area contributed by atoms with E-state index in [-0.39, 0.29) is 25.7 Å². The van der Waals surface area contributed by atoms with Gasteiger partial charge in [-0.25, -0.2) is 9.13 Å². The van der Waals surface area contributed by atoms with Crippen molar-refractivity contribution >= 4 is 39.5 Å². The predicted molar refractivity (Wildman–Crippen MR) is 400 cm³/mol. The van der Waals surface area contributed by atoms with Gasteiger partial charge in [-0.05, 0) is 37.5 Å². The fourth-order valence-electron chi connectivity index (χ4n) is 12.1. The molecule has 0 saturated carbocycles. The van der Waals surface area contributed by atoms with Gasteiger partial charge < -0.3 is 33.8 Å². The molecular formula is C79H154O17P2. The van der Waals surface area contributed by atoms with E-state index in [1.165, 1.54) is 225 Å². The number of carbonyl (C=O) groups excluding carboxylic acids is 4. The maximum absolute atomic E-state index is 13.1. The van der Waals surface area contributed by atoms with Gasteiger partial charge in [0, 0.05) is 25.7 Å². The zero-order chi connectivity index (χ0) is 72.1. The quantitative estimate of drug-likeness (QED) is 0.0222. The number of hydrogen-bond acceptors (Lipinski definition) is 15. The van der Waals surface area contributed by atoms with Crippen LogP contribution in [0.1, 0.15) is 414 Å². The number of phosphoric ester groups is 2. The minimum atomic E-state index is -4.96. The Morgan fingerprint density at radius 2 is 0.490 bits per heavy atom. The van der Waals surface area contributed by atoms with Crippen LogP contribution in [0.3, 0.4) is 0 Å². The van der Waals surface area contributed by atoms with E-state index in [1.807, 2.05) is 0 Å². The third kappa shape index (κ3) is 69.8. The van der Waals surface area contributed by atoms with E-state index in [1.54, 1.807) is 0 Å². The molecule has 0 aromatic rings. The first kappa shape index (κ1) is 96.1. The molecule has 0 heterocycles. The molecular weight excluding hydrogens is 1280 g/mol. The minimum absolute atomic E-state index is 0.106. The zero-order valence-corrected chi connectivity index (χ0v) is 65.9. The molecule has 0 rings (SSSR count). The van der Waals surface area contributed by atoms with Crippen LogP contribution in [0.5, 0.6) is 0 Å². The van der Waals surface area contributed by atoms with E-state index in [9.17, 15) is 43.2 Å². The van der Waals surface area contributed by atoms with Crippen LogP contribution in [-0.2, 0) is 65.4 Å². The number of rotatable bonds is 78. The summed E-state index contributed by atoms with van der Waals surface area (Å²) in [6.45, 7) is 9.67. The number of aliphatic hydroxyl groups excluding tert-OH is 1. The van der Waals surface area contributed by atoms with E-state index >= 15 is 0 Å². The van der Waals surface area contributed by atoms with Crippen molar-refractivity contribution < 1.29 is 80.2 Å². The molecule has 0 spiro atoms. The van der Waals surface area contributed by atoms with Crippen LogP contribution in [0, 0.1) is 11.8 Å². The first-order valence-corrected chi connectivity index (χ1v) is 44.1. The Labute approximate surface area is 600 Å².